The number of aromatic nitrogens is 4. The molecule has 2 heterocycles. The number of aryl methyl sites for hydroxylation is 2. The Morgan fingerprint density at radius 2 is 1.97 bits per heavy atom. The zero-order valence-corrected chi connectivity index (χ0v) is 17.1. The molecule has 0 spiro atoms. The van der Waals surface area contributed by atoms with Gasteiger partial charge in [-0.25, -0.2) is 9.37 Å². The number of aromatic hydroxyl groups is 1. The van der Waals surface area contributed by atoms with Crippen LogP contribution in [0, 0.1) is 5.82 Å². The van der Waals surface area contributed by atoms with Gasteiger partial charge in [-0.2, -0.15) is 10.1 Å². The molecule has 5 N–H and O–H groups in total. The highest BCUT2D eigenvalue weighted by Crippen LogP contribution is 2.34. The Balaban J connectivity index is 1.79. The van der Waals surface area contributed by atoms with Gasteiger partial charge in [0.15, 0.2) is 0 Å². The van der Waals surface area contributed by atoms with E-state index in [1.807, 2.05) is 13.0 Å². The van der Waals surface area contributed by atoms with Gasteiger partial charge in [-0.05, 0) is 47.9 Å². The largest absolute Gasteiger partial charge is 0.506 e. The molecular weight excluding hydrogens is 397 g/mol. The van der Waals surface area contributed by atoms with Crippen LogP contribution in [0.5, 0.6) is 5.75 Å². The van der Waals surface area contributed by atoms with Crippen molar-refractivity contribution in [2.75, 3.05) is 16.4 Å². The zero-order chi connectivity index (χ0) is 22.0. The molecule has 4 aromatic rings. The van der Waals surface area contributed by atoms with Gasteiger partial charge < -0.3 is 21.5 Å². The summed E-state index contributed by atoms with van der Waals surface area (Å²) in [5, 5.41) is 20.5. The molecule has 2 aromatic carbocycles. The fraction of sp³-hybridized carbons (Fsp3) is 0.136. The number of phenols is 1. The first-order valence-electron chi connectivity index (χ1n) is 9.69. The molecule has 0 amide bonds. The first kappa shape index (κ1) is 20.1. The predicted molar refractivity (Wildman–Crippen MR) is 119 cm³/mol. The molecule has 0 aliphatic carbocycles. The van der Waals surface area contributed by atoms with Crippen molar-refractivity contribution in [3.05, 3.63) is 66.4 Å². The summed E-state index contributed by atoms with van der Waals surface area (Å²) in [6, 6.07) is 9.50. The maximum atomic E-state index is 14.2. The molecule has 0 saturated heterocycles. The average molecular weight is 419 g/mol. The van der Waals surface area contributed by atoms with Gasteiger partial charge in [-0.1, -0.05) is 13.0 Å². The van der Waals surface area contributed by atoms with E-state index < -0.39 is 0 Å². The highest BCUT2D eigenvalue weighted by molar-refractivity contribution is 5.81. The average Bonchev–Trinajstić information content (AvgIpc) is 3.15. The second-order valence-electron chi connectivity index (χ2n) is 7.09. The predicted octanol–water partition coefficient (Wildman–Crippen LogP) is 4.35. The minimum atomic E-state index is -0.343. The molecule has 0 aliphatic rings. The summed E-state index contributed by atoms with van der Waals surface area (Å²) in [5.74, 6) is 0.364. The van der Waals surface area contributed by atoms with Crippen LogP contribution in [0.2, 0.25) is 0 Å². The maximum Gasteiger partial charge on any atom is 0.229 e. The molecule has 8 nitrogen and oxygen atoms in total. The molecule has 0 bridgehead atoms. The molecule has 31 heavy (non-hydrogen) atoms. The van der Waals surface area contributed by atoms with Gasteiger partial charge in [0, 0.05) is 30.7 Å². The smallest absolute Gasteiger partial charge is 0.229 e. The van der Waals surface area contributed by atoms with Crippen LogP contribution in [0.15, 0.2) is 55.0 Å². The van der Waals surface area contributed by atoms with E-state index in [2.05, 4.69) is 25.7 Å². The number of nitrogens with zero attached hydrogens (tertiary/aromatic N) is 4. The molecule has 0 unspecified atom stereocenters. The summed E-state index contributed by atoms with van der Waals surface area (Å²) >= 11 is 0. The number of anilines is 5. The van der Waals surface area contributed by atoms with Crippen LogP contribution in [0.4, 0.5) is 33.2 Å². The Labute approximate surface area is 178 Å². The van der Waals surface area contributed by atoms with Crippen molar-refractivity contribution in [2.24, 2.45) is 7.05 Å². The SMILES string of the molecule is CCc1cc(F)cc(-c2cnc(Nc3cnn(C)c3)nc2Nc2cc(N)ccc2O)c1. The van der Waals surface area contributed by atoms with E-state index in [1.54, 1.807) is 42.5 Å². The van der Waals surface area contributed by atoms with Crippen LogP contribution in [0.25, 0.3) is 11.1 Å². The van der Waals surface area contributed by atoms with Crippen LogP contribution in [0.3, 0.4) is 0 Å². The Morgan fingerprint density at radius 1 is 1.13 bits per heavy atom. The lowest BCUT2D eigenvalue weighted by Crippen LogP contribution is -2.03. The third-order valence-electron chi connectivity index (χ3n) is 4.70. The lowest BCUT2D eigenvalue weighted by atomic mass is 10.0. The fourth-order valence-corrected chi connectivity index (χ4v) is 3.15. The lowest BCUT2D eigenvalue weighted by molar-refractivity contribution is 0.478. The summed E-state index contributed by atoms with van der Waals surface area (Å²) in [6.07, 6.45) is 5.72. The Bertz CT molecular complexity index is 1240. The van der Waals surface area contributed by atoms with E-state index in [0.29, 0.717) is 46.4 Å². The molecule has 2 aromatic heterocycles. The Morgan fingerprint density at radius 3 is 2.71 bits per heavy atom. The fourth-order valence-electron chi connectivity index (χ4n) is 3.15. The highest BCUT2D eigenvalue weighted by atomic mass is 19.1. The van der Waals surface area contributed by atoms with Gasteiger partial charge >= 0.3 is 0 Å². The summed E-state index contributed by atoms with van der Waals surface area (Å²) in [5.41, 5.74) is 9.48. The molecular formula is C22H22FN7O. The van der Waals surface area contributed by atoms with Gasteiger partial charge in [0.25, 0.3) is 0 Å². The van der Waals surface area contributed by atoms with Crippen molar-refractivity contribution in [3.8, 4) is 16.9 Å². The number of nitrogen functional groups attached to an aromatic ring is 1. The second kappa shape index (κ2) is 8.31. The number of phenolic OH excluding ortho intramolecular Hbond substituents is 1. The Kier molecular flexibility index (Phi) is 5.40. The van der Waals surface area contributed by atoms with Gasteiger partial charge in [-0.3, -0.25) is 4.68 Å². The van der Waals surface area contributed by atoms with Gasteiger partial charge in [0.2, 0.25) is 5.95 Å². The van der Waals surface area contributed by atoms with Crippen LogP contribution in [0.1, 0.15) is 12.5 Å². The number of rotatable bonds is 6. The first-order valence-corrected chi connectivity index (χ1v) is 9.69. The summed E-state index contributed by atoms with van der Waals surface area (Å²) < 4.78 is 15.9. The molecule has 9 heteroatoms. The third kappa shape index (κ3) is 4.55. The Hall–Kier alpha value is -4.14. The number of hydrogen-bond acceptors (Lipinski definition) is 7. The van der Waals surface area contributed by atoms with Crippen LogP contribution >= 0.6 is 0 Å². The molecule has 0 saturated carbocycles. The van der Waals surface area contributed by atoms with E-state index in [9.17, 15) is 9.50 Å². The number of benzene rings is 2. The van der Waals surface area contributed by atoms with Crippen LogP contribution < -0.4 is 16.4 Å². The molecule has 0 fully saturated rings. The number of nitrogens with two attached hydrogens (primary N) is 1. The minimum absolute atomic E-state index is 0.00835. The van der Waals surface area contributed by atoms with Crippen molar-refractivity contribution >= 4 is 28.8 Å². The highest BCUT2D eigenvalue weighted by Gasteiger charge is 2.14. The maximum absolute atomic E-state index is 14.2. The lowest BCUT2D eigenvalue weighted by Gasteiger charge is -2.15. The number of nitrogens with one attached hydrogen (secondary N) is 2. The van der Waals surface area contributed by atoms with E-state index in [-0.39, 0.29) is 11.6 Å². The topological polar surface area (TPSA) is 114 Å². The van der Waals surface area contributed by atoms with Crippen molar-refractivity contribution in [1.29, 1.82) is 0 Å². The van der Waals surface area contributed by atoms with Crippen molar-refractivity contribution in [2.45, 2.75) is 13.3 Å². The quantitative estimate of drug-likeness (QED) is 0.209. The minimum Gasteiger partial charge on any atom is -0.506 e. The van der Waals surface area contributed by atoms with Gasteiger partial charge in [0.05, 0.1) is 17.6 Å². The van der Waals surface area contributed by atoms with Crippen molar-refractivity contribution in [1.82, 2.24) is 19.7 Å². The molecule has 158 valence electrons. The summed E-state index contributed by atoms with van der Waals surface area (Å²) in [4.78, 5) is 8.94. The van der Waals surface area contributed by atoms with E-state index in [1.165, 1.54) is 18.2 Å². The van der Waals surface area contributed by atoms with E-state index in [0.717, 1.165) is 5.56 Å². The summed E-state index contributed by atoms with van der Waals surface area (Å²) in [7, 11) is 1.81. The van der Waals surface area contributed by atoms with E-state index >= 15 is 0 Å². The normalized spacial score (nSPS) is 10.8. The van der Waals surface area contributed by atoms with Crippen LogP contribution in [-0.4, -0.2) is 24.9 Å². The standard InChI is InChI=1S/C22H22FN7O/c1-3-13-6-14(8-15(23)7-13)18-11-25-22(27-17-10-26-30(2)12-17)29-21(18)28-19-9-16(24)4-5-20(19)31/h4-12,31H,3,24H2,1-2H3,(H2,25,27,28,29). The third-order valence-corrected chi connectivity index (χ3v) is 4.70. The van der Waals surface area contributed by atoms with Crippen LogP contribution in [-0.2, 0) is 13.5 Å². The van der Waals surface area contributed by atoms with E-state index in [4.69, 9.17) is 5.73 Å². The zero-order valence-electron chi connectivity index (χ0n) is 17.1. The van der Waals surface area contributed by atoms with Crippen molar-refractivity contribution in [3.63, 3.8) is 0 Å². The van der Waals surface area contributed by atoms with Crippen molar-refractivity contribution < 1.29 is 9.50 Å². The number of hydrogen-bond donors (Lipinski definition) is 4. The molecule has 0 radical (unpaired) electrons. The summed E-state index contributed by atoms with van der Waals surface area (Å²) in [6.45, 7) is 1.96. The first-order chi connectivity index (χ1) is 14.9. The monoisotopic (exact) mass is 419 g/mol. The van der Waals surface area contributed by atoms with Gasteiger partial charge in [-0.15, -0.1) is 0 Å². The second-order valence-corrected chi connectivity index (χ2v) is 7.09. The van der Waals surface area contributed by atoms with Gasteiger partial charge in [0.1, 0.15) is 17.4 Å². The molecule has 0 atom stereocenters. The molecule has 4 rings (SSSR count). The molecule has 0 aliphatic heterocycles. The number of halogens is 1.